The summed E-state index contributed by atoms with van der Waals surface area (Å²) in [6, 6.07) is 0. The third-order valence-electron chi connectivity index (χ3n) is 5.97. The van der Waals surface area contributed by atoms with Crippen LogP contribution in [0.4, 0.5) is 0 Å². The normalized spacial score (nSPS) is 25.2. The van der Waals surface area contributed by atoms with Gasteiger partial charge in [0.1, 0.15) is 0 Å². The van der Waals surface area contributed by atoms with E-state index in [4.69, 9.17) is 4.74 Å². The van der Waals surface area contributed by atoms with E-state index in [-0.39, 0.29) is 6.54 Å². The molecule has 0 atom stereocenters. The van der Waals surface area contributed by atoms with Crippen molar-refractivity contribution in [2.75, 3.05) is 19.8 Å². The quantitative estimate of drug-likeness (QED) is 0.812. The maximum absolute atomic E-state index is 12.9. The Morgan fingerprint density at radius 3 is 2.72 bits per heavy atom. The van der Waals surface area contributed by atoms with Gasteiger partial charge >= 0.3 is 0 Å². The summed E-state index contributed by atoms with van der Waals surface area (Å²) in [7, 11) is -3.54. The fourth-order valence-electron chi connectivity index (χ4n) is 4.03. The molecule has 3 heterocycles. The van der Waals surface area contributed by atoms with Gasteiger partial charge in [-0.3, -0.25) is 9.48 Å². The monoisotopic (exact) mass is 367 g/mol. The minimum Gasteiger partial charge on any atom is -0.381 e. The lowest BCUT2D eigenvalue weighted by Crippen LogP contribution is -2.48. The zero-order valence-electron chi connectivity index (χ0n) is 14.6. The highest BCUT2D eigenvalue weighted by Crippen LogP contribution is 2.51. The molecule has 138 valence electrons. The molecule has 0 unspecified atom stereocenters. The van der Waals surface area contributed by atoms with Crippen LogP contribution in [0.5, 0.6) is 0 Å². The number of amides is 1. The Labute approximate surface area is 148 Å². The maximum atomic E-state index is 12.9. The van der Waals surface area contributed by atoms with Gasteiger partial charge in [0.05, 0.1) is 16.5 Å². The van der Waals surface area contributed by atoms with Crippen LogP contribution < -0.4 is 0 Å². The fraction of sp³-hybridized carbons (Fsp3) is 0.765. The highest BCUT2D eigenvalue weighted by Gasteiger charge is 2.59. The van der Waals surface area contributed by atoms with E-state index in [1.807, 2.05) is 11.6 Å². The van der Waals surface area contributed by atoms with Crippen LogP contribution in [0.25, 0.3) is 0 Å². The van der Waals surface area contributed by atoms with Crippen molar-refractivity contribution in [3.05, 3.63) is 17.5 Å². The van der Waals surface area contributed by atoms with Crippen LogP contribution in [0, 0.1) is 12.8 Å². The van der Waals surface area contributed by atoms with E-state index in [0.29, 0.717) is 30.7 Å². The van der Waals surface area contributed by atoms with E-state index in [9.17, 15) is 13.2 Å². The average molecular weight is 367 g/mol. The Bertz CT molecular complexity index is 776. The lowest BCUT2D eigenvalue weighted by atomic mass is 10.0. The molecule has 1 aromatic heterocycles. The molecule has 0 bridgehead atoms. The first-order valence-corrected chi connectivity index (χ1v) is 10.6. The van der Waals surface area contributed by atoms with Crippen LogP contribution in [0.15, 0.2) is 6.20 Å². The smallest absolute Gasteiger partial charge is 0.270 e. The minimum atomic E-state index is -3.54. The molecular weight excluding hydrogens is 342 g/mol. The summed E-state index contributed by atoms with van der Waals surface area (Å²) in [4.78, 5) is 12.9. The maximum Gasteiger partial charge on any atom is 0.270 e. The number of hydrogen-bond acceptors (Lipinski definition) is 5. The summed E-state index contributed by atoms with van der Waals surface area (Å²) in [6.45, 7) is 4.42. The largest absolute Gasteiger partial charge is 0.381 e. The van der Waals surface area contributed by atoms with Crippen molar-refractivity contribution in [1.82, 2.24) is 14.1 Å². The molecule has 3 aliphatic rings. The van der Waals surface area contributed by atoms with Crippen LogP contribution in [-0.4, -0.2) is 52.9 Å². The molecule has 25 heavy (non-hydrogen) atoms. The van der Waals surface area contributed by atoms with Crippen molar-refractivity contribution in [2.24, 2.45) is 5.92 Å². The summed E-state index contributed by atoms with van der Waals surface area (Å²) in [5.74, 6) is 0.0745. The Hall–Kier alpha value is -1.41. The Morgan fingerprint density at radius 2 is 2.04 bits per heavy atom. The van der Waals surface area contributed by atoms with Gasteiger partial charge in [-0.25, -0.2) is 12.7 Å². The van der Waals surface area contributed by atoms with E-state index in [0.717, 1.165) is 49.0 Å². The van der Waals surface area contributed by atoms with Crippen molar-refractivity contribution >= 4 is 15.9 Å². The average Bonchev–Trinajstić information content (AvgIpc) is 3.30. The summed E-state index contributed by atoms with van der Waals surface area (Å²) >= 11 is 0. The number of sulfonamides is 1. The van der Waals surface area contributed by atoms with Gasteiger partial charge in [0.15, 0.2) is 0 Å². The predicted molar refractivity (Wildman–Crippen MR) is 91.7 cm³/mol. The first-order chi connectivity index (χ1) is 11.9. The number of nitrogens with zero attached hydrogens (tertiary/aromatic N) is 3. The van der Waals surface area contributed by atoms with Gasteiger partial charge in [0.2, 0.25) is 10.0 Å². The highest BCUT2D eigenvalue weighted by atomic mass is 32.2. The summed E-state index contributed by atoms with van der Waals surface area (Å²) in [5.41, 5.74) is 1.16. The SMILES string of the molecule is Cc1c(C(=O)N2CCCC3(CC3)S2(=O)=O)cnn1CC1CCOCC1. The second-order valence-electron chi connectivity index (χ2n) is 7.55. The lowest BCUT2D eigenvalue weighted by molar-refractivity contribution is 0.0599. The molecule has 3 fully saturated rings. The zero-order valence-corrected chi connectivity index (χ0v) is 15.4. The van der Waals surface area contributed by atoms with E-state index in [2.05, 4.69) is 5.10 Å². The molecule has 0 radical (unpaired) electrons. The third-order valence-corrected chi connectivity index (χ3v) is 8.61. The molecular formula is C17H25N3O4S. The van der Waals surface area contributed by atoms with Gasteiger partial charge in [-0.05, 0) is 51.4 Å². The van der Waals surface area contributed by atoms with Crippen molar-refractivity contribution in [3.8, 4) is 0 Å². The predicted octanol–water partition coefficient (Wildman–Crippen LogP) is 1.72. The van der Waals surface area contributed by atoms with E-state index in [1.165, 1.54) is 6.20 Å². The van der Waals surface area contributed by atoms with Crippen LogP contribution in [0.3, 0.4) is 0 Å². The van der Waals surface area contributed by atoms with E-state index in [1.54, 1.807) is 0 Å². The molecule has 1 amide bonds. The molecule has 0 aromatic carbocycles. The first-order valence-electron chi connectivity index (χ1n) is 9.11. The Balaban J connectivity index is 1.54. The van der Waals surface area contributed by atoms with Crippen LogP contribution in [-0.2, 0) is 21.3 Å². The molecule has 1 saturated carbocycles. The van der Waals surface area contributed by atoms with E-state index < -0.39 is 20.7 Å². The summed E-state index contributed by atoms with van der Waals surface area (Å²) in [5, 5.41) is 4.36. The lowest BCUT2D eigenvalue weighted by Gasteiger charge is -2.32. The second kappa shape index (κ2) is 6.09. The van der Waals surface area contributed by atoms with Gasteiger partial charge in [-0.1, -0.05) is 0 Å². The van der Waals surface area contributed by atoms with Crippen LogP contribution in [0.2, 0.25) is 0 Å². The molecule has 8 heteroatoms. The molecule has 2 aliphatic heterocycles. The molecule has 2 saturated heterocycles. The Kier molecular flexibility index (Phi) is 4.15. The van der Waals surface area contributed by atoms with Crippen LogP contribution in [0.1, 0.15) is 54.6 Å². The molecule has 1 aliphatic carbocycles. The molecule has 1 spiro atoms. The third kappa shape index (κ3) is 2.79. The number of aromatic nitrogens is 2. The molecule has 0 N–H and O–H groups in total. The molecule has 4 rings (SSSR count). The van der Waals surface area contributed by atoms with Gasteiger partial charge in [-0.15, -0.1) is 0 Å². The standard InChI is InChI=1S/C17H25N3O4S/c1-13-15(11-18-19(13)12-14-3-9-24-10-4-14)16(21)20-8-2-5-17(6-7-17)25(20,22)23/h11,14H,2-10,12H2,1H3. The molecule has 7 nitrogen and oxygen atoms in total. The minimum absolute atomic E-state index is 0.285. The van der Waals surface area contributed by atoms with Crippen molar-refractivity contribution < 1.29 is 17.9 Å². The number of ether oxygens (including phenoxy) is 1. The van der Waals surface area contributed by atoms with Crippen molar-refractivity contribution in [2.45, 2.75) is 56.7 Å². The summed E-state index contributed by atoms with van der Waals surface area (Å²) in [6.07, 6.45) is 6.31. The van der Waals surface area contributed by atoms with Gasteiger partial charge < -0.3 is 4.74 Å². The van der Waals surface area contributed by atoms with Gasteiger partial charge in [0.25, 0.3) is 5.91 Å². The van der Waals surface area contributed by atoms with Crippen molar-refractivity contribution in [3.63, 3.8) is 0 Å². The van der Waals surface area contributed by atoms with Gasteiger partial charge in [0, 0.05) is 32.0 Å². The highest BCUT2D eigenvalue weighted by molar-refractivity contribution is 7.91. The topological polar surface area (TPSA) is 81.5 Å². The van der Waals surface area contributed by atoms with E-state index >= 15 is 0 Å². The summed E-state index contributed by atoms with van der Waals surface area (Å²) < 4.78 is 33.3. The second-order valence-corrected chi connectivity index (χ2v) is 9.81. The first kappa shape index (κ1) is 17.0. The molecule has 1 aromatic rings. The fourth-order valence-corrected chi connectivity index (χ4v) is 6.21. The zero-order chi connectivity index (χ0) is 17.7. The van der Waals surface area contributed by atoms with Crippen LogP contribution >= 0.6 is 0 Å². The number of carbonyl (C=O) groups excluding carboxylic acids is 1. The van der Waals surface area contributed by atoms with Crippen molar-refractivity contribution in [1.29, 1.82) is 0 Å². The van der Waals surface area contributed by atoms with Gasteiger partial charge in [-0.2, -0.15) is 5.10 Å². The number of hydrogen-bond donors (Lipinski definition) is 0. The number of carbonyl (C=O) groups is 1. The number of rotatable bonds is 3. The Morgan fingerprint density at radius 1 is 1.32 bits per heavy atom.